The van der Waals surface area contributed by atoms with E-state index in [4.69, 9.17) is 16.0 Å². The lowest BCUT2D eigenvalue weighted by molar-refractivity contribution is 0.168. The van der Waals surface area contributed by atoms with E-state index in [1.54, 1.807) is 6.26 Å². The average Bonchev–Trinajstić information content (AvgIpc) is 3.63. The van der Waals surface area contributed by atoms with Crippen molar-refractivity contribution >= 4 is 22.5 Å². The second kappa shape index (κ2) is 11.2. The minimum absolute atomic E-state index is 0.191. The van der Waals surface area contributed by atoms with Crippen LogP contribution in [0.2, 0.25) is 5.02 Å². The Balaban J connectivity index is 1.75. The molecule has 1 N–H and O–H groups in total. The fourth-order valence-electron chi connectivity index (χ4n) is 4.83. The van der Waals surface area contributed by atoms with Gasteiger partial charge in [0.05, 0.1) is 18.3 Å². The molecule has 0 amide bonds. The third-order valence-electron chi connectivity index (χ3n) is 7.45. The Morgan fingerprint density at radius 1 is 1.08 bits per heavy atom. The zero-order chi connectivity index (χ0) is 27.6. The molecule has 202 valence electrons. The zero-order valence-corrected chi connectivity index (χ0v) is 23.4. The second-order valence-electron chi connectivity index (χ2n) is 10.4. The van der Waals surface area contributed by atoms with Crippen LogP contribution in [0.1, 0.15) is 68.4 Å². The first kappa shape index (κ1) is 26.8. The smallest absolute Gasteiger partial charge is 0.253 e. The molecule has 0 saturated carbocycles. The fourth-order valence-corrected chi connectivity index (χ4v) is 5.02. The number of nitrogens with one attached hydrogen (secondary N) is 1. The lowest BCUT2D eigenvalue weighted by Gasteiger charge is -2.33. The maximum absolute atomic E-state index is 13.8. The third-order valence-corrected chi connectivity index (χ3v) is 7.82. The molecule has 0 aliphatic carbocycles. The Kier molecular flexibility index (Phi) is 7.68. The van der Waals surface area contributed by atoms with Crippen LogP contribution in [-0.4, -0.2) is 30.1 Å². The molecule has 1 unspecified atom stereocenters. The third kappa shape index (κ3) is 5.53. The van der Waals surface area contributed by atoms with Crippen LogP contribution in [-0.2, 0) is 25.0 Å². The summed E-state index contributed by atoms with van der Waals surface area (Å²) in [5.41, 5.74) is 2.89. The predicted octanol–water partition coefficient (Wildman–Crippen LogP) is 6.26. The molecule has 0 radical (unpaired) electrons. The van der Waals surface area contributed by atoms with Gasteiger partial charge in [-0.25, -0.2) is 4.68 Å². The zero-order valence-electron chi connectivity index (χ0n) is 22.7. The van der Waals surface area contributed by atoms with Crippen LogP contribution in [0.3, 0.4) is 0 Å². The summed E-state index contributed by atoms with van der Waals surface area (Å²) in [5, 5.41) is 14.6. The van der Waals surface area contributed by atoms with Crippen molar-refractivity contribution < 1.29 is 4.42 Å². The van der Waals surface area contributed by atoms with Gasteiger partial charge in [0.1, 0.15) is 11.8 Å². The summed E-state index contributed by atoms with van der Waals surface area (Å²) in [5.74, 6) is 1.34. The van der Waals surface area contributed by atoms with Crippen LogP contribution in [0.25, 0.3) is 10.9 Å². The number of rotatable bonds is 10. The van der Waals surface area contributed by atoms with E-state index in [9.17, 15) is 4.79 Å². The molecule has 8 nitrogen and oxygen atoms in total. The van der Waals surface area contributed by atoms with E-state index < -0.39 is 6.04 Å². The van der Waals surface area contributed by atoms with Gasteiger partial charge < -0.3 is 9.40 Å². The summed E-state index contributed by atoms with van der Waals surface area (Å²) in [6.45, 7) is 9.25. The lowest BCUT2D eigenvalue weighted by atomic mass is 9.98. The van der Waals surface area contributed by atoms with Gasteiger partial charge in [0.15, 0.2) is 5.82 Å². The van der Waals surface area contributed by atoms with Crippen molar-refractivity contribution in [1.82, 2.24) is 30.1 Å². The molecule has 3 heterocycles. The number of aryl methyl sites for hydroxylation is 1. The number of aromatic amines is 1. The molecule has 1 atom stereocenters. The highest BCUT2D eigenvalue weighted by molar-refractivity contribution is 6.31. The number of hydrogen-bond donors (Lipinski definition) is 1. The number of pyridine rings is 1. The summed E-state index contributed by atoms with van der Waals surface area (Å²) in [6, 6.07) is 19.0. The van der Waals surface area contributed by atoms with Gasteiger partial charge in [0.25, 0.3) is 5.56 Å². The van der Waals surface area contributed by atoms with E-state index in [0.29, 0.717) is 29.5 Å². The Bertz CT molecular complexity index is 1620. The number of hydrogen-bond acceptors (Lipinski definition) is 6. The fraction of sp³-hybridized carbons (Fsp3) is 0.333. The molecule has 39 heavy (non-hydrogen) atoms. The van der Waals surface area contributed by atoms with Gasteiger partial charge in [-0.3, -0.25) is 9.69 Å². The highest BCUT2D eigenvalue weighted by atomic mass is 35.5. The van der Waals surface area contributed by atoms with Crippen molar-refractivity contribution in [3.63, 3.8) is 0 Å². The molecular formula is C30H33ClN6O2. The first-order chi connectivity index (χ1) is 18.8. The summed E-state index contributed by atoms with van der Waals surface area (Å²) in [4.78, 5) is 19.0. The molecule has 0 aliphatic heterocycles. The first-order valence-corrected chi connectivity index (χ1v) is 13.6. The van der Waals surface area contributed by atoms with E-state index in [-0.39, 0.29) is 11.1 Å². The van der Waals surface area contributed by atoms with E-state index in [2.05, 4.69) is 59.2 Å². The molecule has 5 aromatic rings. The van der Waals surface area contributed by atoms with Gasteiger partial charge in [-0.05, 0) is 90.0 Å². The maximum Gasteiger partial charge on any atom is 0.253 e. The van der Waals surface area contributed by atoms with E-state index in [1.807, 2.05) is 59.3 Å². The predicted molar refractivity (Wildman–Crippen MR) is 153 cm³/mol. The lowest BCUT2D eigenvalue weighted by Crippen LogP contribution is -2.38. The van der Waals surface area contributed by atoms with Crippen molar-refractivity contribution in [1.29, 1.82) is 0 Å². The summed E-state index contributed by atoms with van der Waals surface area (Å²) >= 11 is 6.63. The summed E-state index contributed by atoms with van der Waals surface area (Å²) < 4.78 is 7.60. The van der Waals surface area contributed by atoms with Crippen molar-refractivity contribution in [2.75, 3.05) is 0 Å². The highest BCUT2D eigenvalue weighted by Gasteiger charge is 2.35. The molecule has 0 bridgehead atoms. The van der Waals surface area contributed by atoms with Crippen LogP contribution >= 0.6 is 11.6 Å². The molecule has 0 saturated heterocycles. The maximum atomic E-state index is 13.8. The molecule has 2 aromatic carbocycles. The largest absolute Gasteiger partial charge is 0.468 e. The van der Waals surface area contributed by atoms with Gasteiger partial charge in [0.2, 0.25) is 0 Å². The summed E-state index contributed by atoms with van der Waals surface area (Å²) in [7, 11) is 0. The van der Waals surface area contributed by atoms with Crippen LogP contribution in [0.15, 0.2) is 76.1 Å². The first-order valence-electron chi connectivity index (χ1n) is 13.2. The molecular weight excluding hydrogens is 512 g/mol. The van der Waals surface area contributed by atoms with Gasteiger partial charge in [-0.1, -0.05) is 49.7 Å². The van der Waals surface area contributed by atoms with Crippen molar-refractivity contribution in [3.05, 3.63) is 111 Å². The number of nitrogens with zero attached hydrogens (tertiary/aromatic N) is 5. The van der Waals surface area contributed by atoms with E-state index in [1.165, 1.54) is 5.56 Å². The van der Waals surface area contributed by atoms with E-state index >= 15 is 0 Å². The Hall–Kier alpha value is -3.75. The number of H-pyrrole nitrogens is 1. The normalized spacial score (nSPS) is 12.9. The van der Waals surface area contributed by atoms with Crippen molar-refractivity contribution in [3.8, 4) is 0 Å². The molecule has 0 aliphatic rings. The Morgan fingerprint density at radius 3 is 2.62 bits per heavy atom. The number of aromatic nitrogens is 5. The molecule has 9 heteroatoms. The monoisotopic (exact) mass is 544 g/mol. The highest BCUT2D eigenvalue weighted by Crippen LogP contribution is 2.34. The topological polar surface area (TPSA) is 92.8 Å². The summed E-state index contributed by atoms with van der Waals surface area (Å²) in [6.07, 6.45) is 3.35. The van der Waals surface area contributed by atoms with Crippen molar-refractivity contribution in [2.45, 2.75) is 65.2 Å². The molecule has 5 rings (SSSR count). The van der Waals surface area contributed by atoms with Crippen LogP contribution in [0.5, 0.6) is 0 Å². The molecule has 0 spiro atoms. The minimum Gasteiger partial charge on any atom is -0.468 e. The number of furan rings is 1. The van der Waals surface area contributed by atoms with Gasteiger partial charge in [0, 0.05) is 22.6 Å². The number of halogens is 1. The Labute approximate surface area is 232 Å². The minimum atomic E-state index is -0.592. The number of tetrazole rings is 1. The van der Waals surface area contributed by atoms with Crippen LogP contribution < -0.4 is 5.56 Å². The Morgan fingerprint density at radius 2 is 1.90 bits per heavy atom. The number of fused-ring (bicyclic) bond motifs is 1. The van der Waals surface area contributed by atoms with Crippen molar-refractivity contribution in [2.24, 2.45) is 0 Å². The van der Waals surface area contributed by atoms with Crippen LogP contribution in [0, 0.1) is 0 Å². The SMILES string of the molecule is CCc1ccc2[nH]c(=O)c(C(c3nnnn3C(C)(C)CC)N(Cc3ccco3)Cc3ccccc3Cl)cc2c1. The van der Waals surface area contributed by atoms with Gasteiger partial charge >= 0.3 is 0 Å². The molecule has 0 fully saturated rings. The number of benzene rings is 2. The molecule has 3 aromatic heterocycles. The standard InChI is InChI=1S/C30H33ClN6O2/c1-5-20-13-14-26-22(16-20)17-24(29(38)32-26)27(28-33-34-35-37(28)30(3,4)6-2)36(19-23-11-9-15-39-23)18-21-10-7-8-12-25(21)31/h7-17,27H,5-6,18-19H2,1-4H3,(H,32,38). The van der Waals surface area contributed by atoms with Gasteiger partial charge in [-0.2, -0.15) is 0 Å². The average molecular weight is 545 g/mol. The van der Waals surface area contributed by atoms with Gasteiger partial charge in [-0.15, -0.1) is 5.10 Å². The van der Waals surface area contributed by atoms with Crippen LogP contribution in [0.4, 0.5) is 0 Å². The quantitative estimate of drug-likeness (QED) is 0.223. The van der Waals surface area contributed by atoms with E-state index in [0.717, 1.165) is 35.1 Å². The second-order valence-corrected chi connectivity index (χ2v) is 10.8.